The molecule has 0 aromatic rings. The van der Waals surface area contributed by atoms with E-state index in [-0.39, 0.29) is 0 Å². The number of rotatable bonds is 2. The lowest BCUT2D eigenvalue weighted by molar-refractivity contribution is -0.283. The van der Waals surface area contributed by atoms with Crippen LogP contribution >= 0.6 is 0 Å². The molecule has 0 aromatic carbocycles. The number of hydrogen-bond donors (Lipinski definition) is 1. The van der Waals surface area contributed by atoms with Crippen LogP contribution in [0.15, 0.2) is 0 Å². The van der Waals surface area contributed by atoms with Crippen LogP contribution in [0.4, 0.5) is 9.59 Å². The summed E-state index contributed by atoms with van der Waals surface area (Å²) in [6.45, 7) is 6.42. The molecule has 0 unspecified atom stereocenters. The van der Waals surface area contributed by atoms with E-state index in [4.69, 9.17) is 4.74 Å². The molecule has 0 aliphatic carbocycles. The van der Waals surface area contributed by atoms with Crippen molar-refractivity contribution in [1.82, 2.24) is 10.4 Å². The maximum atomic E-state index is 11.1. The molecule has 7 heteroatoms. The molecule has 1 fully saturated rings. The molecule has 0 atom stereocenters. The fraction of sp³-hybridized carbons (Fsp3) is 0.778. The molecule has 2 amide bonds. The summed E-state index contributed by atoms with van der Waals surface area (Å²) < 4.78 is 4.84. The molecule has 0 bridgehead atoms. The maximum Gasteiger partial charge on any atom is 0.443 e. The molecule has 1 heterocycles. The summed E-state index contributed by atoms with van der Waals surface area (Å²) in [5.74, 6) is 0. The normalized spacial score (nSPS) is 15.1. The summed E-state index contributed by atoms with van der Waals surface area (Å²) in [6.07, 6.45) is -0.486. The van der Waals surface area contributed by atoms with E-state index >= 15 is 0 Å². The van der Waals surface area contributed by atoms with Gasteiger partial charge in [0.15, 0.2) is 0 Å². The van der Waals surface area contributed by atoms with Crippen molar-refractivity contribution in [3.05, 3.63) is 0 Å². The average Bonchev–Trinajstić information content (AvgIpc) is 1.96. The van der Waals surface area contributed by atoms with Gasteiger partial charge in [0.25, 0.3) is 0 Å². The monoisotopic (exact) mass is 232 g/mol. The first-order valence-corrected chi connectivity index (χ1v) is 5.00. The first-order chi connectivity index (χ1) is 7.38. The van der Waals surface area contributed by atoms with Crippen LogP contribution in [0.1, 0.15) is 27.2 Å². The zero-order valence-electron chi connectivity index (χ0n) is 9.61. The Morgan fingerprint density at radius 1 is 1.25 bits per heavy atom. The minimum absolute atomic E-state index is 0.623. The lowest BCUT2D eigenvalue weighted by Crippen LogP contribution is -2.43. The van der Waals surface area contributed by atoms with E-state index in [9.17, 15) is 9.59 Å². The van der Waals surface area contributed by atoms with Gasteiger partial charge in [-0.2, -0.15) is 5.48 Å². The Bertz CT molecular complexity index is 270. The Kier molecular flexibility index (Phi) is 3.94. The summed E-state index contributed by atoms with van der Waals surface area (Å²) in [4.78, 5) is 32.1. The van der Waals surface area contributed by atoms with Gasteiger partial charge in [-0.25, -0.2) is 9.59 Å². The second-order valence-corrected chi connectivity index (χ2v) is 4.38. The first-order valence-electron chi connectivity index (χ1n) is 5.00. The van der Waals surface area contributed by atoms with E-state index in [1.165, 1.54) is 4.90 Å². The van der Waals surface area contributed by atoms with Gasteiger partial charge in [0.2, 0.25) is 0 Å². The Balaban J connectivity index is 2.10. The van der Waals surface area contributed by atoms with Crippen molar-refractivity contribution in [2.45, 2.75) is 32.8 Å². The van der Waals surface area contributed by atoms with Gasteiger partial charge >= 0.3 is 12.2 Å². The number of amides is 2. The molecule has 0 saturated carbocycles. The summed E-state index contributed by atoms with van der Waals surface area (Å²) in [5, 5.41) is 0. The molecule has 1 saturated heterocycles. The van der Waals surface area contributed by atoms with Crippen molar-refractivity contribution in [2.75, 3.05) is 13.1 Å². The third-order valence-electron chi connectivity index (χ3n) is 1.75. The fourth-order valence-corrected chi connectivity index (χ4v) is 0.941. The zero-order valence-corrected chi connectivity index (χ0v) is 9.61. The molecule has 1 aliphatic rings. The highest BCUT2D eigenvalue weighted by Crippen LogP contribution is 2.08. The van der Waals surface area contributed by atoms with Crippen molar-refractivity contribution in [2.24, 2.45) is 0 Å². The van der Waals surface area contributed by atoms with Crippen LogP contribution in [0, 0.1) is 0 Å². The number of likely N-dealkylation sites (tertiary alicyclic amines) is 1. The van der Waals surface area contributed by atoms with Gasteiger partial charge in [0.05, 0.1) is 0 Å². The van der Waals surface area contributed by atoms with Crippen molar-refractivity contribution >= 4 is 12.2 Å². The highest BCUT2D eigenvalue weighted by molar-refractivity contribution is 5.68. The first kappa shape index (κ1) is 12.6. The standard InChI is InChI=1S/C9H16N2O5/c1-9(2,3)14-7(12)10-16-15-8(13)11-5-4-6-11/h4-6H2,1-3H3,(H,10,12). The smallest absolute Gasteiger partial charge is 0.442 e. The second-order valence-electron chi connectivity index (χ2n) is 4.38. The van der Waals surface area contributed by atoms with Gasteiger partial charge in [-0.15, -0.1) is 0 Å². The minimum Gasteiger partial charge on any atom is -0.442 e. The van der Waals surface area contributed by atoms with Gasteiger partial charge < -0.3 is 9.64 Å². The lowest BCUT2D eigenvalue weighted by Gasteiger charge is -2.28. The number of carbonyl (C=O) groups is 2. The molecule has 0 spiro atoms. The van der Waals surface area contributed by atoms with Gasteiger partial charge in [-0.05, 0) is 27.2 Å². The van der Waals surface area contributed by atoms with Gasteiger partial charge in [-0.3, -0.25) is 4.89 Å². The Labute approximate surface area is 93.5 Å². The third kappa shape index (κ3) is 4.35. The number of hydroxylamine groups is 1. The van der Waals surface area contributed by atoms with Crippen LogP contribution in [0.3, 0.4) is 0 Å². The number of nitrogens with zero attached hydrogens (tertiary/aromatic N) is 1. The van der Waals surface area contributed by atoms with Crippen LogP contribution in [0.2, 0.25) is 0 Å². The van der Waals surface area contributed by atoms with Gasteiger partial charge in [-0.1, -0.05) is 4.99 Å². The van der Waals surface area contributed by atoms with E-state index < -0.39 is 17.8 Å². The summed E-state index contributed by atoms with van der Waals surface area (Å²) in [7, 11) is 0. The number of ether oxygens (including phenoxy) is 1. The van der Waals surface area contributed by atoms with Crippen LogP contribution in [0.5, 0.6) is 0 Å². The summed E-state index contributed by atoms with van der Waals surface area (Å²) in [6, 6.07) is 0. The summed E-state index contributed by atoms with van der Waals surface area (Å²) >= 11 is 0. The van der Waals surface area contributed by atoms with Crippen molar-refractivity contribution in [1.29, 1.82) is 0 Å². The van der Waals surface area contributed by atoms with Crippen LogP contribution in [-0.4, -0.2) is 35.8 Å². The minimum atomic E-state index is -0.816. The Hall–Kier alpha value is -1.50. The fourth-order valence-electron chi connectivity index (χ4n) is 0.941. The molecule has 1 N–H and O–H groups in total. The number of nitrogens with one attached hydrogen (secondary N) is 1. The number of carbonyl (C=O) groups excluding carboxylic acids is 2. The molecule has 16 heavy (non-hydrogen) atoms. The quantitative estimate of drug-likeness (QED) is 0.571. The molecule has 1 rings (SSSR count). The zero-order chi connectivity index (χ0) is 12.2. The molecule has 7 nitrogen and oxygen atoms in total. The molecule has 0 aromatic heterocycles. The Morgan fingerprint density at radius 2 is 1.88 bits per heavy atom. The summed E-state index contributed by atoms with van der Waals surface area (Å²) in [5.41, 5.74) is 1.21. The molecular formula is C9H16N2O5. The SMILES string of the molecule is CC(C)(C)OC(=O)NOOC(=O)N1CCC1. The molecule has 0 radical (unpaired) electrons. The highest BCUT2D eigenvalue weighted by Gasteiger charge is 2.23. The third-order valence-corrected chi connectivity index (χ3v) is 1.75. The van der Waals surface area contributed by atoms with E-state index in [2.05, 4.69) is 9.88 Å². The maximum absolute atomic E-state index is 11.1. The topological polar surface area (TPSA) is 77.1 Å². The van der Waals surface area contributed by atoms with Crippen molar-refractivity contribution < 1.29 is 24.2 Å². The Morgan fingerprint density at radius 3 is 2.31 bits per heavy atom. The van der Waals surface area contributed by atoms with Gasteiger partial charge in [0, 0.05) is 13.1 Å². The lowest BCUT2D eigenvalue weighted by atomic mass is 10.2. The van der Waals surface area contributed by atoms with E-state index in [0.29, 0.717) is 13.1 Å². The average molecular weight is 232 g/mol. The second kappa shape index (κ2) is 5.02. The predicted octanol–water partition coefficient (Wildman–Crippen LogP) is 1.20. The van der Waals surface area contributed by atoms with E-state index in [1.54, 1.807) is 20.8 Å². The molecular weight excluding hydrogens is 216 g/mol. The van der Waals surface area contributed by atoms with E-state index in [0.717, 1.165) is 6.42 Å². The number of hydrogen-bond acceptors (Lipinski definition) is 5. The predicted molar refractivity (Wildman–Crippen MR) is 53.1 cm³/mol. The highest BCUT2D eigenvalue weighted by atomic mass is 17.3. The van der Waals surface area contributed by atoms with Crippen LogP contribution in [-0.2, 0) is 14.6 Å². The van der Waals surface area contributed by atoms with Gasteiger partial charge in [0.1, 0.15) is 5.60 Å². The van der Waals surface area contributed by atoms with Crippen molar-refractivity contribution in [3.8, 4) is 0 Å². The van der Waals surface area contributed by atoms with Crippen LogP contribution in [0.25, 0.3) is 0 Å². The molecule has 92 valence electrons. The molecule has 1 aliphatic heterocycles. The van der Waals surface area contributed by atoms with Crippen molar-refractivity contribution in [3.63, 3.8) is 0 Å². The van der Waals surface area contributed by atoms with Crippen LogP contribution < -0.4 is 5.48 Å². The van der Waals surface area contributed by atoms with E-state index in [1.807, 2.05) is 5.48 Å². The largest absolute Gasteiger partial charge is 0.443 e.